The molecular formula is C50H55N9O3. The highest BCUT2D eigenvalue weighted by Crippen LogP contribution is 2.39. The number of carbonyl (C=O) groups is 2. The number of rotatable bonds is 9. The van der Waals surface area contributed by atoms with Crippen molar-refractivity contribution in [1.82, 2.24) is 9.97 Å². The highest BCUT2D eigenvalue weighted by Gasteiger charge is 2.26. The molecule has 6 aromatic rings. The van der Waals surface area contributed by atoms with E-state index in [-0.39, 0.29) is 17.2 Å². The molecule has 0 atom stereocenters. The largest absolute Gasteiger partial charge is 0.378 e. The van der Waals surface area contributed by atoms with Crippen molar-refractivity contribution in [3.63, 3.8) is 0 Å². The minimum atomic E-state index is 0.0654. The molecule has 0 aliphatic carbocycles. The molecule has 3 aliphatic heterocycles. The van der Waals surface area contributed by atoms with Gasteiger partial charge in [0.05, 0.1) is 36.0 Å². The number of aromatic nitrogens is 2. The second kappa shape index (κ2) is 18.4. The molecule has 0 bridgehead atoms. The average molecular weight is 830 g/mol. The summed E-state index contributed by atoms with van der Waals surface area (Å²) in [5, 5.41) is 13.7. The highest BCUT2D eigenvalue weighted by molar-refractivity contribution is 5.99. The van der Waals surface area contributed by atoms with Gasteiger partial charge in [-0.25, -0.2) is 9.97 Å². The van der Waals surface area contributed by atoms with Crippen LogP contribution in [0.4, 0.5) is 62.8 Å². The van der Waals surface area contributed by atoms with E-state index in [1.165, 1.54) is 22.4 Å². The lowest BCUT2D eigenvalue weighted by Gasteiger charge is -2.28. The summed E-state index contributed by atoms with van der Waals surface area (Å²) in [6, 6.07) is 36.9. The van der Waals surface area contributed by atoms with Gasteiger partial charge in [0.2, 0.25) is 11.8 Å². The molecule has 5 heterocycles. The van der Waals surface area contributed by atoms with Crippen LogP contribution in [0.25, 0.3) is 0 Å². The molecule has 1 fully saturated rings. The van der Waals surface area contributed by atoms with E-state index in [9.17, 15) is 9.59 Å². The van der Waals surface area contributed by atoms with Crippen molar-refractivity contribution in [2.45, 2.75) is 52.9 Å². The number of ether oxygens (including phenoxy) is 1. The predicted molar refractivity (Wildman–Crippen MR) is 253 cm³/mol. The quantitative estimate of drug-likeness (QED) is 0.112. The van der Waals surface area contributed by atoms with Crippen molar-refractivity contribution in [3.8, 4) is 0 Å². The summed E-state index contributed by atoms with van der Waals surface area (Å²) in [5.74, 6) is 1.65. The first kappa shape index (κ1) is 41.8. The standard InChI is InChI=1S/C25H27N5O2.C25H28N4O/c1-18(31)30-12-10-19-3-2-4-23(25(19)30)27-21-9-11-26-24(17-21)28-20-5-7-22(8-6-20)29-13-15-32-16-14-29;1-17(30)29-15-13-18-6-5-7-22(24(18)29)27-21-12-14-26-23(16-21)28-20-10-8-19(9-11-20)25(2,3)4/h2-9,11,17H,10,12-16H2,1H3,(H2,26,27,28);5-12,14,16H,13,15H2,1-4H3,(H2,26,27,28). The summed E-state index contributed by atoms with van der Waals surface area (Å²) < 4.78 is 5.43. The minimum Gasteiger partial charge on any atom is -0.378 e. The van der Waals surface area contributed by atoms with E-state index in [1.807, 2.05) is 58.3 Å². The first-order chi connectivity index (χ1) is 30.0. The first-order valence-corrected chi connectivity index (χ1v) is 21.3. The molecule has 4 aromatic carbocycles. The van der Waals surface area contributed by atoms with Gasteiger partial charge in [-0.2, -0.15) is 0 Å². The van der Waals surface area contributed by atoms with E-state index < -0.39 is 0 Å². The number of amides is 2. The number of morpholine rings is 1. The van der Waals surface area contributed by atoms with Crippen molar-refractivity contribution in [1.29, 1.82) is 0 Å². The molecule has 12 heteroatoms. The number of nitrogens with zero attached hydrogens (tertiary/aromatic N) is 5. The fraction of sp³-hybridized carbons (Fsp3) is 0.280. The summed E-state index contributed by atoms with van der Waals surface area (Å²) in [7, 11) is 0. The maximum absolute atomic E-state index is 12.1. The molecule has 12 nitrogen and oxygen atoms in total. The Balaban J connectivity index is 0.000000171. The van der Waals surface area contributed by atoms with Crippen LogP contribution in [0, 0.1) is 0 Å². The number of benzene rings is 4. The van der Waals surface area contributed by atoms with Gasteiger partial charge < -0.3 is 40.7 Å². The van der Waals surface area contributed by atoms with Crippen molar-refractivity contribution in [3.05, 3.63) is 138 Å². The Bertz CT molecular complexity index is 2530. The lowest BCUT2D eigenvalue weighted by molar-refractivity contribution is -0.117. The van der Waals surface area contributed by atoms with Gasteiger partial charge in [-0.15, -0.1) is 0 Å². The van der Waals surface area contributed by atoms with Crippen LogP contribution < -0.4 is 36.0 Å². The maximum Gasteiger partial charge on any atom is 0.223 e. The molecular weight excluding hydrogens is 775 g/mol. The normalized spacial score (nSPS) is 14.3. The third-order valence-electron chi connectivity index (χ3n) is 11.4. The fourth-order valence-electron chi connectivity index (χ4n) is 8.13. The van der Waals surface area contributed by atoms with Gasteiger partial charge in [0.25, 0.3) is 0 Å². The smallest absolute Gasteiger partial charge is 0.223 e. The molecule has 2 aromatic heterocycles. The van der Waals surface area contributed by atoms with Gasteiger partial charge in [0, 0.05) is 93.0 Å². The van der Waals surface area contributed by atoms with Gasteiger partial charge in [0.1, 0.15) is 11.6 Å². The van der Waals surface area contributed by atoms with Gasteiger partial charge in [-0.05, 0) is 95.6 Å². The van der Waals surface area contributed by atoms with E-state index in [1.54, 1.807) is 26.2 Å². The number of para-hydroxylation sites is 2. The maximum atomic E-state index is 12.1. The second-order valence-corrected chi connectivity index (χ2v) is 16.8. The minimum absolute atomic E-state index is 0.0654. The molecule has 318 valence electrons. The topological polar surface area (TPSA) is 127 Å². The van der Waals surface area contributed by atoms with E-state index in [2.05, 4.69) is 118 Å². The number of pyridine rings is 2. The van der Waals surface area contributed by atoms with Gasteiger partial charge >= 0.3 is 0 Å². The zero-order valence-corrected chi connectivity index (χ0v) is 36.2. The van der Waals surface area contributed by atoms with Crippen molar-refractivity contribution >= 4 is 74.6 Å². The lowest BCUT2D eigenvalue weighted by atomic mass is 9.87. The third kappa shape index (κ3) is 9.82. The van der Waals surface area contributed by atoms with Crippen LogP contribution in [0.3, 0.4) is 0 Å². The monoisotopic (exact) mass is 829 g/mol. The average Bonchev–Trinajstić information content (AvgIpc) is 3.92. The number of anilines is 11. The van der Waals surface area contributed by atoms with Gasteiger partial charge in [-0.3, -0.25) is 9.59 Å². The summed E-state index contributed by atoms with van der Waals surface area (Å²) in [6.45, 7) is 14.7. The third-order valence-corrected chi connectivity index (χ3v) is 11.4. The van der Waals surface area contributed by atoms with Crippen molar-refractivity contribution in [2.24, 2.45) is 0 Å². The molecule has 62 heavy (non-hydrogen) atoms. The number of hydrogen-bond acceptors (Lipinski definition) is 10. The van der Waals surface area contributed by atoms with Crippen LogP contribution in [0.1, 0.15) is 51.3 Å². The summed E-state index contributed by atoms with van der Waals surface area (Å²) in [6.07, 6.45) is 5.32. The Hall–Kier alpha value is -6.92. The predicted octanol–water partition coefficient (Wildman–Crippen LogP) is 10.1. The molecule has 0 unspecified atom stereocenters. The van der Waals surface area contributed by atoms with Gasteiger partial charge in [0.15, 0.2) is 0 Å². The first-order valence-electron chi connectivity index (χ1n) is 21.3. The number of nitrogens with one attached hydrogen (secondary N) is 4. The van der Waals surface area contributed by atoms with Crippen molar-refractivity contribution < 1.29 is 14.3 Å². The van der Waals surface area contributed by atoms with Crippen molar-refractivity contribution in [2.75, 3.05) is 75.4 Å². The van der Waals surface area contributed by atoms with Crippen LogP contribution >= 0.6 is 0 Å². The zero-order chi connectivity index (χ0) is 43.2. The Morgan fingerprint density at radius 3 is 1.48 bits per heavy atom. The van der Waals surface area contributed by atoms with E-state index in [0.29, 0.717) is 0 Å². The number of carbonyl (C=O) groups excluding carboxylic acids is 2. The Morgan fingerprint density at radius 1 is 0.565 bits per heavy atom. The second-order valence-electron chi connectivity index (χ2n) is 16.8. The van der Waals surface area contributed by atoms with Crippen LogP contribution in [0.2, 0.25) is 0 Å². The summed E-state index contributed by atoms with van der Waals surface area (Å²) in [4.78, 5) is 39.0. The number of hydrogen-bond donors (Lipinski definition) is 4. The molecule has 2 amide bonds. The highest BCUT2D eigenvalue weighted by atomic mass is 16.5. The SMILES string of the molecule is CC(=O)N1CCc2cccc(Nc3ccnc(Nc4ccc(C(C)(C)C)cc4)c3)c21.CC(=O)N1CCc2cccc(Nc3ccnc(Nc4ccc(N5CCOCC5)cc4)c3)c21. The Labute approximate surface area is 364 Å². The Kier molecular flexibility index (Phi) is 12.4. The van der Waals surface area contributed by atoms with E-state index in [4.69, 9.17) is 4.74 Å². The van der Waals surface area contributed by atoms with E-state index >= 15 is 0 Å². The molecule has 0 saturated carbocycles. The molecule has 4 N–H and O–H groups in total. The molecule has 0 spiro atoms. The zero-order valence-electron chi connectivity index (χ0n) is 36.2. The molecule has 9 rings (SSSR count). The van der Waals surface area contributed by atoms with E-state index in [0.717, 1.165) is 109 Å². The molecule has 0 radical (unpaired) electrons. The number of fused-ring (bicyclic) bond motifs is 2. The lowest BCUT2D eigenvalue weighted by Crippen LogP contribution is -2.36. The van der Waals surface area contributed by atoms with Crippen LogP contribution in [-0.2, 0) is 32.6 Å². The molecule has 1 saturated heterocycles. The van der Waals surface area contributed by atoms with Crippen LogP contribution in [0.15, 0.2) is 122 Å². The summed E-state index contributed by atoms with van der Waals surface area (Å²) in [5.41, 5.74) is 12.7. The Morgan fingerprint density at radius 2 is 1.03 bits per heavy atom. The van der Waals surface area contributed by atoms with Crippen LogP contribution in [-0.4, -0.2) is 61.2 Å². The fourth-order valence-corrected chi connectivity index (χ4v) is 8.13. The summed E-state index contributed by atoms with van der Waals surface area (Å²) >= 11 is 0. The van der Waals surface area contributed by atoms with Gasteiger partial charge in [-0.1, -0.05) is 57.2 Å². The molecule has 3 aliphatic rings. The van der Waals surface area contributed by atoms with Crippen LogP contribution in [0.5, 0.6) is 0 Å².